The molecule has 2 unspecified atom stereocenters. The Bertz CT molecular complexity index is 491. The number of nitrogens with one attached hydrogen (secondary N) is 1. The van der Waals surface area contributed by atoms with E-state index in [9.17, 15) is 9.90 Å². The van der Waals surface area contributed by atoms with Crippen LogP contribution in [0.25, 0.3) is 0 Å². The predicted octanol–water partition coefficient (Wildman–Crippen LogP) is 1.55. The van der Waals surface area contributed by atoms with E-state index in [0.717, 1.165) is 37.1 Å². The van der Waals surface area contributed by atoms with Crippen molar-refractivity contribution < 1.29 is 14.6 Å². The molecule has 0 aliphatic carbocycles. The SMILES string of the molecule is COc1cccc(CNC(=O)CN2CCCC2CC(C)O)c1. The quantitative estimate of drug-likeness (QED) is 0.802. The minimum atomic E-state index is -0.314. The summed E-state index contributed by atoms with van der Waals surface area (Å²) in [6.45, 7) is 3.65. The minimum Gasteiger partial charge on any atom is -0.497 e. The molecule has 0 bridgehead atoms. The van der Waals surface area contributed by atoms with Crippen molar-refractivity contribution in [2.75, 3.05) is 20.2 Å². The minimum absolute atomic E-state index is 0.0281. The van der Waals surface area contributed by atoms with Crippen LogP contribution in [0.1, 0.15) is 31.7 Å². The van der Waals surface area contributed by atoms with E-state index in [2.05, 4.69) is 10.2 Å². The zero-order valence-corrected chi connectivity index (χ0v) is 13.4. The average Bonchev–Trinajstić information content (AvgIpc) is 2.91. The highest BCUT2D eigenvalue weighted by molar-refractivity contribution is 5.78. The lowest BCUT2D eigenvalue weighted by atomic mass is 10.1. The molecule has 2 rings (SSSR count). The number of benzene rings is 1. The van der Waals surface area contributed by atoms with E-state index < -0.39 is 0 Å². The average molecular weight is 306 g/mol. The first-order valence-corrected chi connectivity index (χ1v) is 7.90. The van der Waals surface area contributed by atoms with Crippen LogP contribution in [0.5, 0.6) is 5.75 Å². The van der Waals surface area contributed by atoms with Crippen molar-refractivity contribution in [3.63, 3.8) is 0 Å². The fourth-order valence-corrected chi connectivity index (χ4v) is 2.99. The van der Waals surface area contributed by atoms with Crippen LogP contribution in [0.15, 0.2) is 24.3 Å². The number of aliphatic hydroxyl groups excluding tert-OH is 1. The second-order valence-corrected chi connectivity index (χ2v) is 5.98. The van der Waals surface area contributed by atoms with Gasteiger partial charge in [-0.3, -0.25) is 9.69 Å². The van der Waals surface area contributed by atoms with Crippen LogP contribution in [0.4, 0.5) is 0 Å². The lowest BCUT2D eigenvalue weighted by Crippen LogP contribution is -2.40. The summed E-state index contributed by atoms with van der Waals surface area (Å²) < 4.78 is 5.18. The summed E-state index contributed by atoms with van der Waals surface area (Å²) in [5.41, 5.74) is 1.02. The molecule has 1 saturated heterocycles. The number of hydrogen-bond donors (Lipinski definition) is 2. The Morgan fingerprint density at radius 2 is 2.36 bits per heavy atom. The van der Waals surface area contributed by atoms with Gasteiger partial charge in [0.2, 0.25) is 5.91 Å². The van der Waals surface area contributed by atoms with Gasteiger partial charge < -0.3 is 15.2 Å². The van der Waals surface area contributed by atoms with Crippen molar-refractivity contribution in [1.29, 1.82) is 0 Å². The molecular formula is C17H26N2O3. The van der Waals surface area contributed by atoms with E-state index in [0.29, 0.717) is 19.1 Å². The number of aliphatic hydroxyl groups is 1. The molecule has 0 aromatic heterocycles. The second-order valence-electron chi connectivity index (χ2n) is 5.98. The first-order chi connectivity index (χ1) is 10.6. The van der Waals surface area contributed by atoms with Crippen LogP contribution < -0.4 is 10.1 Å². The van der Waals surface area contributed by atoms with E-state index in [4.69, 9.17) is 4.74 Å². The third kappa shape index (κ3) is 5.00. The van der Waals surface area contributed by atoms with Gasteiger partial charge in [0, 0.05) is 12.6 Å². The molecule has 1 aliphatic rings. The standard InChI is InChI=1S/C17H26N2O3/c1-13(20)9-15-6-4-8-19(15)12-17(21)18-11-14-5-3-7-16(10-14)22-2/h3,5,7,10,13,15,20H,4,6,8-9,11-12H2,1-2H3,(H,18,21). The van der Waals surface area contributed by atoms with E-state index in [1.807, 2.05) is 24.3 Å². The summed E-state index contributed by atoms with van der Waals surface area (Å²) >= 11 is 0. The number of methoxy groups -OCH3 is 1. The van der Waals surface area contributed by atoms with Gasteiger partial charge in [-0.15, -0.1) is 0 Å². The van der Waals surface area contributed by atoms with E-state index in [-0.39, 0.29) is 12.0 Å². The Hall–Kier alpha value is -1.59. The topological polar surface area (TPSA) is 61.8 Å². The van der Waals surface area contributed by atoms with E-state index in [1.165, 1.54) is 0 Å². The molecule has 1 aliphatic heterocycles. The Morgan fingerprint density at radius 1 is 1.55 bits per heavy atom. The largest absolute Gasteiger partial charge is 0.497 e. The summed E-state index contributed by atoms with van der Waals surface area (Å²) in [6.07, 6.45) is 2.59. The smallest absolute Gasteiger partial charge is 0.234 e. The Labute approximate surface area is 132 Å². The monoisotopic (exact) mass is 306 g/mol. The van der Waals surface area contributed by atoms with Gasteiger partial charge in [0.25, 0.3) is 0 Å². The van der Waals surface area contributed by atoms with Crippen molar-refractivity contribution in [2.24, 2.45) is 0 Å². The van der Waals surface area contributed by atoms with Gasteiger partial charge in [-0.2, -0.15) is 0 Å². The molecule has 5 heteroatoms. The molecule has 0 spiro atoms. The number of rotatable bonds is 7. The predicted molar refractivity (Wildman–Crippen MR) is 85.7 cm³/mol. The highest BCUT2D eigenvalue weighted by Crippen LogP contribution is 2.20. The summed E-state index contributed by atoms with van der Waals surface area (Å²) in [7, 11) is 1.63. The molecule has 1 fully saturated rings. The third-order valence-electron chi connectivity index (χ3n) is 4.08. The Balaban J connectivity index is 1.79. The van der Waals surface area contributed by atoms with Gasteiger partial charge in [0.15, 0.2) is 0 Å². The summed E-state index contributed by atoms with van der Waals surface area (Å²) in [6, 6.07) is 8.01. The molecule has 1 aromatic rings. The number of ether oxygens (including phenoxy) is 1. The first-order valence-electron chi connectivity index (χ1n) is 7.90. The van der Waals surface area contributed by atoms with Crippen LogP contribution in [-0.4, -0.2) is 48.3 Å². The normalized spacial score (nSPS) is 19.9. The molecule has 0 radical (unpaired) electrons. The van der Waals surface area contributed by atoms with Crippen LogP contribution in [0.2, 0.25) is 0 Å². The van der Waals surface area contributed by atoms with Gasteiger partial charge in [-0.25, -0.2) is 0 Å². The second kappa shape index (κ2) is 8.15. The van der Waals surface area contributed by atoms with Crippen molar-refractivity contribution in [3.05, 3.63) is 29.8 Å². The maximum absolute atomic E-state index is 12.1. The van der Waals surface area contributed by atoms with Crippen LogP contribution in [0.3, 0.4) is 0 Å². The van der Waals surface area contributed by atoms with E-state index in [1.54, 1.807) is 14.0 Å². The summed E-state index contributed by atoms with van der Waals surface area (Å²) in [4.78, 5) is 14.3. The number of nitrogens with zero attached hydrogens (tertiary/aromatic N) is 1. The van der Waals surface area contributed by atoms with Gasteiger partial charge in [0.05, 0.1) is 19.8 Å². The molecule has 22 heavy (non-hydrogen) atoms. The number of hydrogen-bond acceptors (Lipinski definition) is 4. The number of amides is 1. The van der Waals surface area contributed by atoms with Gasteiger partial charge >= 0.3 is 0 Å². The van der Waals surface area contributed by atoms with Crippen LogP contribution >= 0.6 is 0 Å². The highest BCUT2D eigenvalue weighted by atomic mass is 16.5. The number of carbonyl (C=O) groups excluding carboxylic acids is 1. The van der Waals surface area contributed by atoms with Crippen LogP contribution in [-0.2, 0) is 11.3 Å². The van der Waals surface area contributed by atoms with Gasteiger partial charge in [0.1, 0.15) is 5.75 Å². The third-order valence-corrected chi connectivity index (χ3v) is 4.08. The summed E-state index contributed by atoms with van der Waals surface area (Å²) in [5.74, 6) is 0.823. The molecule has 0 saturated carbocycles. The Kier molecular flexibility index (Phi) is 6.21. The van der Waals surface area contributed by atoms with Crippen molar-refractivity contribution in [3.8, 4) is 5.75 Å². The zero-order valence-electron chi connectivity index (χ0n) is 13.4. The Morgan fingerprint density at radius 3 is 3.09 bits per heavy atom. The first kappa shape index (κ1) is 16.8. The van der Waals surface area contributed by atoms with Crippen molar-refractivity contribution in [2.45, 2.75) is 44.9 Å². The number of carbonyl (C=O) groups is 1. The van der Waals surface area contributed by atoms with E-state index >= 15 is 0 Å². The fourth-order valence-electron chi connectivity index (χ4n) is 2.99. The fraction of sp³-hybridized carbons (Fsp3) is 0.588. The maximum atomic E-state index is 12.1. The molecule has 2 N–H and O–H groups in total. The molecule has 1 amide bonds. The maximum Gasteiger partial charge on any atom is 0.234 e. The zero-order chi connectivity index (χ0) is 15.9. The summed E-state index contributed by atoms with van der Waals surface area (Å²) in [5, 5.41) is 12.5. The molecule has 5 nitrogen and oxygen atoms in total. The molecule has 2 atom stereocenters. The lowest BCUT2D eigenvalue weighted by molar-refractivity contribution is -0.122. The van der Waals surface area contributed by atoms with Crippen molar-refractivity contribution >= 4 is 5.91 Å². The van der Waals surface area contributed by atoms with Crippen molar-refractivity contribution in [1.82, 2.24) is 10.2 Å². The van der Waals surface area contributed by atoms with Crippen LogP contribution in [0, 0.1) is 0 Å². The van der Waals surface area contributed by atoms with Gasteiger partial charge in [-0.1, -0.05) is 12.1 Å². The highest BCUT2D eigenvalue weighted by Gasteiger charge is 2.26. The van der Waals surface area contributed by atoms with Gasteiger partial charge in [-0.05, 0) is 50.4 Å². The molecule has 1 heterocycles. The molecule has 122 valence electrons. The molecule has 1 aromatic carbocycles. The molecular weight excluding hydrogens is 280 g/mol. The lowest BCUT2D eigenvalue weighted by Gasteiger charge is -2.24. The number of likely N-dealkylation sites (tertiary alicyclic amines) is 1.